The third-order valence-corrected chi connectivity index (χ3v) is 3.05. The van der Waals surface area contributed by atoms with Gasteiger partial charge in [-0.2, -0.15) is 0 Å². The Bertz CT molecular complexity index is 523. The molecule has 3 heteroatoms. The molecule has 0 aliphatic carbocycles. The molecule has 0 amide bonds. The van der Waals surface area contributed by atoms with Gasteiger partial charge < -0.3 is 10.6 Å². The molecule has 0 aliphatic rings. The SMILES string of the molecule is Cc1cnccc1N(C)Cc1cccc(CN)c1. The minimum Gasteiger partial charge on any atom is -0.370 e. The summed E-state index contributed by atoms with van der Waals surface area (Å²) in [6, 6.07) is 10.5. The summed E-state index contributed by atoms with van der Waals surface area (Å²) in [5.74, 6) is 0. The molecule has 18 heavy (non-hydrogen) atoms. The van der Waals surface area contributed by atoms with E-state index >= 15 is 0 Å². The second-order valence-corrected chi connectivity index (χ2v) is 4.54. The molecule has 0 unspecified atom stereocenters. The van der Waals surface area contributed by atoms with Crippen LogP contribution in [0.2, 0.25) is 0 Å². The van der Waals surface area contributed by atoms with E-state index in [-0.39, 0.29) is 0 Å². The van der Waals surface area contributed by atoms with Crippen LogP contribution in [0.15, 0.2) is 42.7 Å². The number of aryl methyl sites for hydroxylation is 1. The maximum absolute atomic E-state index is 5.66. The van der Waals surface area contributed by atoms with Crippen LogP contribution >= 0.6 is 0 Å². The summed E-state index contributed by atoms with van der Waals surface area (Å²) in [6.45, 7) is 3.54. The van der Waals surface area contributed by atoms with Gasteiger partial charge in [-0.05, 0) is 29.7 Å². The van der Waals surface area contributed by atoms with E-state index in [4.69, 9.17) is 5.73 Å². The van der Waals surface area contributed by atoms with Crippen molar-refractivity contribution in [3.63, 3.8) is 0 Å². The van der Waals surface area contributed by atoms with E-state index in [0.29, 0.717) is 6.54 Å². The van der Waals surface area contributed by atoms with E-state index in [9.17, 15) is 0 Å². The molecule has 0 atom stereocenters. The van der Waals surface area contributed by atoms with Gasteiger partial charge in [-0.25, -0.2) is 0 Å². The van der Waals surface area contributed by atoms with Crippen LogP contribution in [0.1, 0.15) is 16.7 Å². The monoisotopic (exact) mass is 241 g/mol. The maximum atomic E-state index is 5.66. The standard InChI is InChI=1S/C15H19N3/c1-12-10-17-7-6-15(12)18(2)11-14-5-3-4-13(8-14)9-16/h3-8,10H,9,11,16H2,1-2H3. The first-order valence-corrected chi connectivity index (χ1v) is 6.10. The van der Waals surface area contributed by atoms with Gasteiger partial charge in [0.05, 0.1) is 0 Å². The average molecular weight is 241 g/mol. The molecule has 0 saturated carbocycles. The summed E-state index contributed by atoms with van der Waals surface area (Å²) in [7, 11) is 2.09. The fraction of sp³-hybridized carbons (Fsp3) is 0.267. The predicted octanol–water partition coefficient (Wildman–Crippen LogP) is 2.49. The van der Waals surface area contributed by atoms with Gasteiger partial charge in [-0.1, -0.05) is 24.3 Å². The molecule has 2 aromatic rings. The Morgan fingerprint density at radius 3 is 2.72 bits per heavy atom. The quantitative estimate of drug-likeness (QED) is 0.894. The first-order chi connectivity index (χ1) is 8.70. The van der Waals surface area contributed by atoms with Crippen LogP contribution in [-0.4, -0.2) is 12.0 Å². The number of hydrogen-bond acceptors (Lipinski definition) is 3. The summed E-state index contributed by atoms with van der Waals surface area (Å²) in [5.41, 5.74) is 10.5. The zero-order valence-electron chi connectivity index (χ0n) is 10.9. The Kier molecular flexibility index (Phi) is 3.95. The predicted molar refractivity (Wildman–Crippen MR) is 75.4 cm³/mol. The van der Waals surface area contributed by atoms with E-state index in [2.05, 4.69) is 48.1 Å². The molecule has 1 heterocycles. The minimum atomic E-state index is 0.589. The van der Waals surface area contributed by atoms with Crippen LogP contribution in [0, 0.1) is 6.92 Å². The van der Waals surface area contributed by atoms with Gasteiger partial charge in [0.2, 0.25) is 0 Å². The van der Waals surface area contributed by atoms with Crippen molar-refractivity contribution < 1.29 is 0 Å². The largest absolute Gasteiger partial charge is 0.370 e. The van der Waals surface area contributed by atoms with Crippen molar-refractivity contribution in [1.29, 1.82) is 0 Å². The number of rotatable bonds is 4. The lowest BCUT2D eigenvalue weighted by atomic mass is 10.1. The van der Waals surface area contributed by atoms with Gasteiger partial charge in [0, 0.05) is 38.2 Å². The summed E-state index contributed by atoms with van der Waals surface area (Å²) in [4.78, 5) is 6.35. The summed E-state index contributed by atoms with van der Waals surface area (Å²) < 4.78 is 0. The number of aromatic nitrogens is 1. The molecule has 2 rings (SSSR count). The topological polar surface area (TPSA) is 42.2 Å². The molecule has 94 valence electrons. The Morgan fingerprint density at radius 1 is 1.22 bits per heavy atom. The van der Waals surface area contributed by atoms with Crippen molar-refractivity contribution in [2.75, 3.05) is 11.9 Å². The molecule has 2 N–H and O–H groups in total. The Morgan fingerprint density at radius 2 is 2.00 bits per heavy atom. The molecule has 0 bridgehead atoms. The fourth-order valence-electron chi connectivity index (χ4n) is 2.11. The van der Waals surface area contributed by atoms with E-state index in [0.717, 1.165) is 6.54 Å². The van der Waals surface area contributed by atoms with E-state index in [1.807, 2.05) is 18.5 Å². The highest BCUT2D eigenvalue weighted by Crippen LogP contribution is 2.19. The molecule has 1 aromatic carbocycles. The summed E-state index contributed by atoms with van der Waals surface area (Å²) in [6.07, 6.45) is 3.72. The first-order valence-electron chi connectivity index (χ1n) is 6.10. The second kappa shape index (κ2) is 5.65. The number of benzene rings is 1. The van der Waals surface area contributed by atoms with Crippen molar-refractivity contribution in [3.8, 4) is 0 Å². The van der Waals surface area contributed by atoms with Gasteiger partial charge in [0.25, 0.3) is 0 Å². The zero-order valence-corrected chi connectivity index (χ0v) is 10.9. The third-order valence-electron chi connectivity index (χ3n) is 3.05. The van der Waals surface area contributed by atoms with Crippen molar-refractivity contribution in [1.82, 2.24) is 4.98 Å². The fourth-order valence-corrected chi connectivity index (χ4v) is 2.11. The average Bonchev–Trinajstić information content (AvgIpc) is 2.39. The van der Waals surface area contributed by atoms with E-state index in [1.165, 1.54) is 22.4 Å². The Labute approximate surface area is 108 Å². The van der Waals surface area contributed by atoms with Gasteiger partial charge in [0.1, 0.15) is 0 Å². The van der Waals surface area contributed by atoms with Crippen molar-refractivity contribution in [3.05, 3.63) is 59.4 Å². The number of nitrogens with two attached hydrogens (primary N) is 1. The number of anilines is 1. The van der Waals surface area contributed by atoms with Crippen LogP contribution in [-0.2, 0) is 13.1 Å². The van der Waals surface area contributed by atoms with Crippen molar-refractivity contribution in [2.24, 2.45) is 5.73 Å². The van der Waals surface area contributed by atoms with Crippen LogP contribution in [0.5, 0.6) is 0 Å². The Balaban J connectivity index is 2.16. The highest BCUT2D eigenvalue weighted by Gasteiger charge is 2.05. The van der Waals surface area contributed by atoms with Crippen LogP contribution in [0.3, 0.4) is 0 Å². The molecule has 0 saturated heterocycles. The lowest BCUT2D eigenvalue weighted by Crippen LogP contribution is -2.17. The smallest absolute Gasteiger partial charge is 0.0427 e. The lowest BCUT2D eigenvalue weighted by molar-refractivity contribution is 0.908. The summed E-state index contributed by atoms with van der Waals surface area (Å²) in [5, 5.41) is 0. The van der Waals surface area contributed by atoms with E-state index in [1.54, 1.807) is 0 Å². The number of pyridine rings is 1. The van der Waals surface area contributed by atoms with Crippen LogP contribution in [0.4, 0.5) is 5.69 Å². The molecular formula is C15H19N3. The van der Waals surface area contributed by atoms with Gasteiger partial charge in [-0.15, -0.1) is 0 Å². The molecule has 0 aliphatic heterocycles. The van der Waals surface area contributed by atoms with Crippen molar-refractivity contribution >= 4 is 5.69 Å². The van der Waals surface area contributed by atoms with Gasteiger partial charge in [-0.3, -0.25) is 4.98 Å². The number of hydrogen-bond donors (Lipinski definition) is 1. The zero-order chi connectivity index (χ0) is 13.0. The second-order valence-electron chi connectivity index (χ2n) is 4.54. The maximum Gasteiger partial charge on any atom is 0.0427 e. The highest BCUT2D eigenvalue weighted by molar-refractivity contribution is 5.51. The molecule has 1 aromatic heterocycles. The normalized spacial score (nSPS) is 10.4. The molecule has 0 radical (unpaired) electrons. The Hall–Kier alpha value is -1.87. The number of nitrogens with zero attached hydrogens (tertiary/aromatic N) is 2. The highest BCUT2D eigenvalue weighted by atomic mass is 15.1. The van der Waals surface area contributed by atoms with Crippen molar-refractivity contribution in [2.45, 2.75) is 20.0 Å². The molecule has 0 spiro atoms. The van der Waals surface area contributed by atoms with Gasteiger partial charge in [0.15, 0.2) is 0 Å². The molecule has 0 fully saturated rings. The summed E-state index contributed by atoms with van der Waals surface area (Å²) >= 11 is 0. The molecule has 3 nitrogen and oxygen atoms in total. The van der Waals surface area contributed by atoms with Crippen LogP contribution in [0.25, 0.3) is 0 Å². The first kappa shape index (κ1) is 12.6. The van der Waals surface area contributed by atoms with Gasteiger partial charge >= 0.3 is 0 Å². The third kappa shape index (κ3) is 2.87. The molecular weight excluding hydrogens is 222 g/mol. The minimum absolute atomic E-state index is 0.589. The van der Waals surface area contributed by atoms with E-state index < -0.39 is 0 Å². The van der Waals surface area contributed by atoms with Crippen LogP contribution < -0.4 is 10.6 Å². The lowest BCUT2D eigenvalue weighted by Gasteiger charge is -2.21.